The molecule has 8 heteroatoms. The molecule has 2 atom stereocenters. The normalized spacial score (nSPS) is 13.9. The highest BCUT2D eigenvalue weighted by Gasteiger charge is 2.32. The summed E-state index contributed by atoms with van der Waals surface area (Å²) in [6, 6.07) is 16.1. The van der Waals surface area contributed by atoms with Gasteiger partial charge in [-0.2, -0.15) is 0 Å². The smallest absolute Gasteiger partial charge is 0.167 e. The molecule has 0 aliphatic carbocycles. The number of benzene rings is 2. The summed E-state index contributed by atoms with van der Waals surface area (Å²) in [6.07, 6.45) is 0.207. The first-order chi connectivity index (χ1) is 15.6. The third-order valence-electron chi connectivity index (χ3n) is 5.31. The van der Waals surface area contributed by atoms with Crippen LogP contribution < -0.4 is 4.72 Å². The van der Waals surface area contributed by atoms with E-state index in [4.69, 9.17) is 4.52 Å². The van der Waals surface area contributed by atoms with E-state index in [0.29, 0.717) is 15.9 Å². The van der Waals surface area contributed by atoms with Gasteiger partial charge in [0.1, 0.15) is 20.9 Å². The average molecular weight is 530 g/mol. The zero-order valence-electron chi connectivity index (χ0n) is 18.9. The number of aromatic nitrogens is 2. The molecule has 33 heavy (non-hydrogen) atoms. The standard InChI is InChI=1S/C25H25BrFN3O2S/c1-15-9-10-18-22(13-15)32-29-24(18)17-8-6-5-7-16(17)20(30-33(31)25(2,3)4)14-21-19(27)11-12-23(26)28-21/h5-13,20,30H,14H2,1-4H3/t20-,33?/m0/s1. The Morgan fingerprint density at radius 1 is 1.15 bits per heavy atom. The molecule has 0 saturated heterocycles. The number of aryl methyl sites for hydroxylation is 1. The SMILES string of the molecule is Cc1ccc2c(-c3ccccc3[C@H](Cc3nc(Br)ccc3F)N[S+]([O-])C(C)(C)C)noc2c1. The van der Waals surface area contributed by atoms with Gasteiger partial charge >= 0.3 is 0 Å². The number of hydrogen-bond acceptors (Lipinski definition) is 5. The molecule has 0 bridgehead atoms. The molecular formula is C25H25BrFN3O2S. The fourth-order valence-electron chi connectivity index (χ4n) is 3.57. The second kappa shape index (κ2) is 9.54. The van der Waals surface area contributed by atoms with Gasteiger partial charge in [0.05, 0.1) is 11.7 Å². The Balaban J connectivity index is 1.82. The summed E-state index contributed by atoms with van der Waals surface area (Å²) in [6.45, 7) is 7.68. The zero-order valence-corrected chi connectivity index (χ0v) is 21.3. The number of fused-ring (bicyclic) bond motifs is 1. The van der Waals surface area contributed by atoms with Crippen LogP contribution in [0.3, 0.4) is 0 Å². The van der Waals surface area contributed by atoms with Gasteiger partial charge in [-0.1, -0.05) is 35.5 Å². The second-order valence-corrected chi connectivity index (χ2v) is 11.7. The number of pyridine rings is 1. The van der Waals surface area contributed by atoms with E-state index < -0.39 is 28.0 Å². The van der Waals surface area contributed by atoms with Gasteiger partial charge in [-0.15, -0.1) is 4.72 Å². The molecule has 0 amide bonds. The molecule has 0 saturated carbocycles. The number of halogens is 2. The molecule has 1 N–H and O–H groups in total. The molecule has 2 heterocycles. The van der Waals surface area contributed by atoms with Crippen molar-refractivity contribution in [3.8, 4) is 11.3 Å². The van der Waals surface area contributed by atoms with Crippen molar-refractivity contribution in [2.45, 2.75) is 44.9 Å². The lowest BCUT2D eigenvalue weighted by atomic mass is 9.94. The quantitative estimate of drug-likeness (QED) is 0.230. The molecule has 0 aliphatic rings. The van der Waals surface area contributed by atoms with Crippen LogP contribution in [0.25, 0.3) is 22.2 Å². The van der Waals surface area contributed by atoms with Gasteiger partial charge < -0.3 is 9.08 Å². The minimum atomic E-state index is -1.39. The summed E-state index contributed by atoms with van der Waals surface area (Å²) in [4.78, 5) is 4.33. The van der Waals surface area contributed by atoms with Crippen LogP contribution >= 0.6 is 15.9 Å². The predicted molar refractivity (Wildman–Crippen MR) is 134 cm³/mol. The Kier molecular flexibility index (Phi) is 6.91. The molecule has 172 valence electrons. The van der Waals surface area contributed by atoms with Gasteiger partial charge in [-0.3, -0.25) is 0 Å². The van der Waals surface area contributed by atoms with Crippen molar-refractivity contribution in [1.82, 2.24) is 14.9 Å². The summed E-state index contributed by atoms with van der Waals surface area (Å²) in [7, 11) is 0. The minimum absolute atomic E-state index is 0.207. The molecule has 4 aromatic rings. The lowest BCUT2D eigenvalue weighted by Gasteiger charge is -2.29. The number of hydrogen-bond donors (Lipinski definition) is 1. The summed E-state index contributed by atoms with van der Waals surface area (Å²) in [5, 5.41) is 5.23. The van der Waals surface area contributed by atoms with Crippen molar-refractivity contribution in [2.75, 3.05) is 0 Å². The molecule has 2 aromatic heterocycles. The first-order valence-electron chi connectivity index (χ1n) is 10.6. The predicted octanol–water partition coefficient (Wildman–Crippen LogP) is 6.44. The monoisotopic (exact) mass is 529 g/mol. The number of nitrogens with one attached hydrogen (secondary N) is 1. The molecule has 0 fully saturated rings. The molecule has 1 unspecified atom stereocenters. The molecule has 0 spiro atoms. The van der Waals surface area contributed by atoms with Crippen LogP contribution in [0, 0.1) is 12.7 Å². The van der Waals surface area contributed by atoms with Crippen LogP contribution in [0.1, 0.15) is 43.6 Å². The lowest BCUT2D eigenvalue weighted by molar-refractivity contribution is 0.459. The highest BCUT2D eigenvalue weighted by atomic mass is 79.9. The molecule has 5 nitrogen and oxygen atoms in total. The van der Waals surface area contributed by atoms with Crippen molar-refractivity contribution in [3.63, 3.8) is 0 Å². The van der Waals surface area contributed by atoms with Crippen LogP contribution in [0.5, 0.6) is 0 Å². The van der Waals surface area contributed by atoms with Gasteiger partial charge in [0.2, 0.25) is 0 Å². The maximum atomic E-state index is 14.6. The van der Waals surface area contributed by atoms with Crippen molar-refractivity contribution in [2.24, 2.45) is 0 Å². The molecule has 0 aliphatic heterocycles. The van der Waals surface area contributed by atoms with Gasteiger partial charge in [-0.25, -0.2) is 9.37 Å². The van der Waals surface area contributed by atoms with Gasteiger partial charge in [0.25, 0.3) is 0 Å². The highest BCUT2D eigenvalue weighted by Crippen LogP contribution is 2.35. The van der Waals surface area contributed by atoms with E-state index in [2.05, 4.69) is 30.8 Å². The van der Waals surface area contributed by atoms with Gasteiger partial charge in [0.15, 0.2) is 5.58 Å². The van der Waals surface area contributed by atoms with Crippen LogP contribution in [0.2, 0.25) is 0 Å². The lowest BCUT2D eigenvalue weighted by Crippen LogP contribution is -2.42. The largest absolute Gasteiger partial charge is 0.598 e. The van der Waals surface area contributed by atoms with Crippen molar-refractivity contribution in [1.29, 1.82) is 0 Å². The second-order valence-electron chi connectivity index (χ2n) is 8.94. The van der Waals surface area contributed by atoms with Gasteiger partial charge in [0, 0.05) is 28.7 Å². The Hall–Kier alpha value is -2.26. The molecule has 0 radical (unpaired) electrons. The highest BCUT2D eigenvalue weighted by molar-refractivity contribution is 9.10. The van der Waals surface area contributed by atoms with E-state index in [1.165, 1.54) is 6.07 Å². The maximum Gasteiger partial charge on any atom is 0.167 e. The summed E-state index contributed by atoms with van der Waals surface area (Å²) in [5.74, 6) is -0.411. The topological polar surface area (TPSA) is 74.0 Å². The van der Waals surface area contributed by atoms with Gasteiger partial charge in [-0.05, 0) is 79.0 Å². The maximum absolute atomic E-state index is 14.6. The van der Waals surface area contributed by atoms with Crippen LogP contribution in [0.4, 0.5) is 4.39 Å². The van der Waals surface area contributed by atoms with E-state index in [-0.39, 0.29) is 12.1 Å². The molecule has 4 rings (SSSR count). The Morgan fingerprint density at radius 2 is 1.91 bits per heavy atom. The Bertz CT molecular complexity index is 1290. The fourth-order valence-corrected chi connectivity index (χ4v) is 4.74. The first-order valence-corrected chi connectivity index (χ1v) is 12.5. The Morgan fingerprint density at radius 3 is 2.67 bits per heavy atom. The Labute approximate surface area is 204 Å². The fraction of sp³-hybridized carbons (Fsp3) is 0.280. The van der Waals surface area contributed by atoms with E-state index in [1.54, 1.807) is 6.07 Å². The van der Waals surface area contributed by atoms with Crippen molar-refractivity contribution in [3.05, 3.63) is 81.8 Å². The third-order valence-corrected chi connectivity index (χ3v) is 7.36. The van der Waals surface area contributed by atoms with Crippen molar-refractivity contribution >= 4 is 38.3 Å². The molecular weight excluding hydrogens is 505 g/mol. The van der Waals surface area contributed by atoms with E-state index >= 15 is 0 Å². The number of nitrogens with zero attached hydrogens (tertiary/aromatic N) is 2. The zero-order chi connectivity index (χ0) is 23.8. The molecule has 2 aromatic carbocycles. The third kappa shape index (κ3) is 5.30. The summed E-state index contributed by atoms with van der Waals surface area (Å²) < 4.78 is 36.6. The minimum Gasteiger partial charge on any atom is -0.598 e. The van der Waals surface area contributed by atoms with E-state index in [1.807, 2.05) is 70.2 Å². The van der Waals surface area contributed by atoms with E-state index in [0.717, 1.165) is 22.1 Å². The summed E-state index contributed by atoms with van der Waals surface area (Å²) >= 11 is 1.93. The average Bonchev–Trinajstić information content (AvgIpc) is 3.18. The first kappa shape index (κ1) is 23.9. The summed E-state index contributed by atoms with van der Waals surface area (Å²) in [5.41, 5.74) is 4.42. The van der Waals surface area contributed by atoms with Crippen molar-refractivity contribution < 1.29 is 13.5 Å². The van der Waals surface area contributed by atoms with Crippen LogP contribution in [-0.2, 0) is 17.8 Å². The van der Waals surface area contributed by atoms with E-state index in [9.17, 15) is 8.94 Å². The van der Waals surface area contributed by atoms with Crippen LogP contribution in [0.15, 0.2) is 63.7 Å². The number of rotatable bonds is 6. The van der Waals surface area contributed by atoms with Crippen LogP contribution in [-0.4, -0.2) is 19.4 Å².